The van der Waals surface area contributed by atoms with Crippen LogP contribution in [0.5, 0.6) is 11.5 Å². The summed E-state index contributed by atoms with van der Waals surface area (Å²) in [5.41, 5.74) is 1.02. The van der Waals surface area contributed by atoms with E-state index in [2.05, 4.69) is 15.6 Å². The van der Waals surface area contributed by atoms with Crippen molar-refractivity contribution in [1.82, 2.24) is 10.3 Å². The number of amides is 2. The van der Waals surface area contributed by atoms with E-state index >= 15 is 0 Å². The molecule has 2 amide bonds. The zero-order chi connectivity index (χ0) is 19.1. The summed E-state index contributed by atoms with van der Waals surface area (Å²) in [6.07, 6.45) is 1.43. The van der Waals surface area contributed by atoms with E-state index in [1.807, 2.05) is 13.8 Å². The second-order valence-electron chi connectivity index (χ2n) is 6.05. The smallest absolute Gasteiger partial charge is 0.269 e. The fourth-order valence-electron chi connectivity index (χ4n) is 2.18. The Bertz CT molecular complexity index is 790. The summed E-state index contributed by atoms with van der Waals surface area (Å²) >= 11 is 0. The monoisotopic (exact) mass is 357 g/mol. The number of nitrogens with one attached hydrogen (secondary N) is 2. The van der Waals surface area contributed by atoms with Gasteiger partial charge in [0.15, 0.2) is 0 Å². The predicted molar refractivity (Wildman–Crippen MR) is 98.9 cm³/mol. The zero-order valence-corrected chi connectivity index (χ0v) is 15.3. The van der Waals surface area contributed by atoms with Gasteiger partial charge in [-0.1, -0.05) is 13.8 Å². The van der Waals surface area contributed by atoms with Crippen molar-refractivity contribution < 1.29 is 19.1 Å². The summed E-state index contributed by atoms with van der Waals surface area (Å²) < 4.78 is 10.4. The molecule has 26 heavy (non-hydrogen) atoms. The SMILES string of the molecule is COc1ccc(NC(=O)c2ccnc(C(=O)NCC(C)C)c2)c(OC)c1. The molecule has 0 atom stereocenters. The molecule has 1 heterocycles. The number of aromatic nitrogens is 1. The van der Waals surface area contributed by atoms with Crippen LogP contribution >= 0.6 is 0 Å². The fraction of sp³-hybridized carbons (Fsp3) is 0.316. The average molecular weight is 357 g/mol. The minimum atomic E-state index is -0.367. The van der Waals surface area contributed by atoms with Gasteiger partial charge in [0.2, 0.25) is 0 Å². The van der Waals surface area contributed by atoms with Crippen LogP contribution in [0.1, 0.15) is 34.7 Å². The van der Waals surface area contributed by atoms with Crippen molar-refractivity contribution in [1.29, 1.82) is 0 Å². The molecular weight excluding hydrogens is 334 g/mol. The molecule has 7 nitrogen and oxygen atoms in total. The summed E-state index contributed by atoms with van der Waals surface area (Å²) in [4.78, 5) is 28.7. The normalized spacial score (nSPS) is 10.3. The number of benzene rings is 1. The molecule has 0 saturated heterocycles. The van der Waals surface area contributed by atoms with Gasteiger partial charge in [-0.3, -0.25) is 14.6 Å². The standard InChI is InChI=1S/C19H23N3O4/c1-12(2)11-21-19(24)16-9-13(7-8-20-16)18(23)22-15-6-5-14(25-3)10-17(15)26-4/h5-10,12H,11H2,1-4H3,(H,21,24)(H,22,23). The third kappa shape index (κ3) is 4.95. The number of carbonyl (C=O) groups is 2. The Labute approximate surface area is 152 Å². The van der Waals surface area contributed by atoms with Gasteiger partial charge in [-0.2, -0.15) is 0 Å². The van der Waals surface area contributed by atoms with Gasteiger partial charge in [0.25, 0.3) is 11.8 Å². The lowest BCUT2D eigenvalue weighted by Crippen LogP contribution is -2.28. The van der Waals surface area contributed by atoms with Crippen molar-refractivity contribution in [2.24, 2.45) is 5.92 Å². The van der Waals surface area contributed by atoms with E-state index in [0.717, 1.165) is 0 Å². The molecule has 0 aliphatic carbocycles. The van der Waals surface area contributed by atoms with Crippen molar-refractivity contribution in [2.45, 2.75) is 13.8 Å². The van der Waals surface area contributed by atoms with Crippen LogP contribution in [0.3, 0.4) is 0 Å². The largest absolute Gasteiger partial charge is 0.497 e. The van der Waals surface area contributed by atoms with Crippen LogP contribution in [-0.2, 0) is 0 Å². The molecule has 2 aromatic rings. The number of carbonyl (C=O) groups excluding carboxylic acids is 2. The summed E-state index contributed by atoms with van der Waals surface area (Å²) in [6.45, 7) is 4.54. The number of rotatable bonds is 7. The summed E-state index contributed by atoms with van der Waals surface area (Å²) in [7, 11) is 3.06. The third-order valence-corrected chi connectivity index (χ3v) is 3.58. The molecule has 0 fully saturated rings. The molecule has 2 rings (SSSR count). The summed E-state index contributed by atoms with van der Waals surface area (Å²) in [5, 5.41) is 5.54. The molecule has 0 radical (unpaired) electrons. The van der Waals surface area contributed by atoms with E-state index in [0.29, 0.717) is 35.2 Å². The molecule has 1 aromatic carbocycles. The highest BCUT2D eigenvalue weighted by molar-refractivity contribution is 6.06. The number of pyridine rings is 1. The quantitative estimate of drug-likeness (QED) is 0.795. The van der Waals surface area contributed by atoms with Crippen LogP contribution < -0.4 is 20.1 Å². The van der Waals surface area contributed by atoms with E-state index in [4.69, 9.17) is 9.47 Å². The van der Waals surface area contributed by atoms with E-state index in [1.165, 1.54) is 19.4 Å². The maximum absolute atomic E-state index is 12.5. The summed E-state index contributed by atoms with van der Waals surface area (Å²) in [5.74, 6) is 0.742. The topological polar surface area (TPSA) is 89.5 Å². The van der Waals surface area contributed by atoms with Crippen LogP contribution in [0.4, 0.5) is 5.69 Å². The average Bonchev–Trinajstić information content (AvgIpc) is 2.66. The lowest BCUT2D eigenvalue weighted by atomic mass is 10.2. The van der Waals surface area contributed by atoms with Gasteiger partial charge < -0.3 is 20.1 Å². The second kappa shape index (κ2) is 8.84. The van der Waals surface area contributed by atoms with Crippen LogP contribution in [0.15, 0.2) is 36.5 Å². The highest BCUT2D eigenvalue weighted by atomic mass is 16.5. The van der Waals surface area contributed by atoms with Gasteiger partial charge in [-0.05, 0) is 30.2 Å². The number of nitrogens with zero attached hydrogens (tertiary/aromatic N) is 1. The molecule has 138 valence electrons. The van der Waals surface area contributed by atoms with Crippen LogP contribution in [-0.4, -0.2) is 37.6 Å². The molecule has 0 aliphatic rings. The first-order chi connectivity index (χ1) is 12.4. The third-order valence-electron chi connectivity index (χ3n) is 3.58. The number of methoxy groups -OCH3 is 2. The highest BCUT2D eigenvalue weighted by Crippen LogP contribution is 2.29. The van der Waals surface area contributed by atoms with E-state index in [-0.39, 0.29) is 17.5 Å². The van der Waals surface area contributed by atoms with Crippen LogP contribution in [0.25, 0.3) is 0 Å². The Morgan fingerprint density at radius 2 is 1.85 bits per heavy atom. The van der Waals surface area contributed by atoms with Crippen LogP contribution in [0.2, 0.25) is 0 Å². The van der Waals surface area contributed by atoms with Gasteiger partial charge in [-0.15, -0.1) is 0 Å². The van der Waals surface area contributed by atoms with Gasteiger partial charge in [0.1, 0.15) is 17.2 Å². The lowest BCUT2D eigenvalue weighted by Gasteiger charge is -2.12. The van der Waals surface area contributed by atoms with Crippen molar-refractivity contribution in [3.63, 3.8) is 0 Å². The number of anilines is 1. The predicted octanol–water partition coefficient (Wildman–Crippen LogP) is 2.74. The Kier molecular flexibility index (Phi) is 6.54. The van der Waals surface area contributed by atoms with Crippen molar-refractivity contribution in [3.8, 4) is 11.5 Å². The molecule has 0 aliphatic heterocycles. The van der Waals surface area contributed by atoms with Crippen molar-refractivity contribution >= 4 is 17.5 Å². The van der Waals surface area contributed by atoms with Gasteiger partial charge in [0, 0.05) is 24.4 Å². The highest BCUT2D eigenvalue weighted by Gasteiger charge is 2.14. The Morgan fingerprint density at radius 1 is 1.08 bits per heavy atom. The minimum absolute atomic E-state index is 0.194. The first-order valence-electron chi connectivity index (χ1n) is 8.22. The van der Waals surface area contributed by atoms with Crippen LogP contribution in [0, 0.1) is 5.92 Å². The van der Waals surface area contributed by atoms with Gasteiger partial charge >= 0.3 is 0 Å². The molecule has 0 spiro atoms. The molecule has 0 unspecified atom stereocenters. The molecule has 1 aromatic heterocycles. The number of ether oxygens (including phenoxy) is 2. The maximum Gasteiger partial charge on any atom is 0.269 e. The van der Waals surface area contributed by atoms with E-state index < -0.39 is 0 Å². The Balaban J connectivity index is 2.15. The second-order valence-corrected chi connectivity index (χ2v) is 6.05. The molecule has 7 heteroatoms. The van der Waals surface area contributed by atoms with Gasteiger partial charge in [-0.25, -0.2) is 0 Å². The summed E-state index contributed by atoms with van der Waals surface area (Å²) in [6, 6.07) is 8.08. The van der Waals surface area contributed by atoms with Crippen molar-refractivity contribution in [3.05, 3.63) is 47.8 Å². The molecule has 2 N–H and O–H groups in total. The molecule has 0 saturated carbocycles. The fourth-order valence-corrected chi connectivity index (χ4v) is 2.18. The van der Waals surface area contributed by atoms with Crippen molar-refractivity contribution in [2.75, 3.05) is 26.1 Å². The van der Waals surface area contributed by atoms with E-state index in [9.17, 15) is 9.59 Å². The Hall–Kier alpha value is -3.09. The minimum Gasteiger partial charge on any atom is -0.497 e. The molecule has 0 bridgehead atoms. The lowest BCUT2D eigenvalue weighted by molar-refractivity contribution is 0.0944. The number of hydrogen-bond acceptors (Lipinski definition) is 5. The van der Waals surface area contributed by atoms with E-state index in [1.54, 1.807) is 31.4 Å². The zero-order valence-electron chi connectivity index (χ0n) is 15.3. The first-order valence-corrected chi connectivity index (χ1v) is 8.22. The number of hydrogen-bond donors (Lipinski definition) is 2. The van der Waals surface area contributed by atoms with Gasteiger partial charge in [0.05, 0.1) is 19.9 Å². The first kappa shape index (κ1) is 19.2. The molecular formula is C19H23N3O4. The Morgan fingerprint density at radius 3 is 2.50 bits per heavy atom. The maximum atomic E-state index is 12.5.